The van der Waals surface area contributed by atoms with Crippen LogP contribution < -0.4 is 10.2 Å². The SMILES string of the molecule is C[NH+](C)CC(C)(C)CNC(=O)CCN1C(=O)[C@@H]2CCCC[C@H]2C1=O. The Kier molecular flexibility index (Phi) is 6.01. The first kappa shape index (κ1) is 18.9. The minimum Gasteiger partial charge on any atom is -0.355 e. The van der Waals surface area contributed by atoms with E-state index in [4.69, 9.17) is 0 Å². The van der Waals surface area contributed by atoms with E-state index in [1.54, 1.807) is 0 Å². The maximum atomic E-state index is 12.4. The van der Waals surface area contributed by atoms with Crippen molar-refractivity contribution in [3.8, 4) is 0 Å². The number of likely N-dealkylation sites (tertiary alicyclic amines) is 1. The van der Waals surface area contributed by atoms with Gasteiger partial charge in [0.25, 0.3) is 0 Å². The Morgan fingerprint density at radius 2 is 1.71 bits per heavy atom. The second-order valence-electron chi connectivity index (χ2n) is 8.40. The summed E-state index contributed by atoms with van der Waals surface area (Å²) in [5.74, 6) is -0.469. The second-order valence-corrected chi connectivity index (χ2v) is 8.40. The van der Waals surface area contributed by atoms with Gasteiger partial charge in [0.2, 0.25) is 17.7 Å². The quantitative estimate of drug-likeness (QED) is 0.634. The third-order valence-corrected chi connectivity index (χ3v) is 5.09. The molecule has 24 heavy (non-hydrogen) atoms. The molecule has 0 radical (unpaired) electrons. The summed E-state index contributed by atoms with van der Waals surface area (Å²) in [6.45, 7) is 6.02. The lowest BCUT2D eigenvalue weighted by Crippen LogP contribution is -3.07. The van der Waals surface area contributed by atoms with E-state index < -0.39 is 0 Å². The molecule has 0 unspecified atom stereocenters. The topological polar surface area (TPSA) is 70.9 Å². The van der Waals surface area contributed by atoms with Crippen molar-refractivity contribution in [2.24, 2.45) is 17.3 Å². The molecule has 6 heteroatoms. The first-order valence-electron chi connectivity index (χ1n) is 9.12. The molecule has 0 aromatic heterocycles. The summed E-state index contributed by atoms with van der Waals surface area (Å²) in [6.07, 6.45) is 3.88. The van der Waals surface area contributed by atoms with E-state index in [2.05, 4.69) is 33.3 Å². The van der Waals surface area contributed by atoms with E-state index in [0.717, 1.165) is 32.2 Å². The molecule has 2 aliphatic rings. The van der Waals surface area contributed by atoms with Gasteiger partial charge in [-0.1, -0.05) is 26.7 Å². The van der Waals surface area contributed by atoms with Crippen LogP contribution in [0, 0.1) is 17.3 Å². The molecule has 2 N–H and O–H groups in total. The van der Waals surface area contributed by atoms with Crippen molar-refractivity contribution in [3.05, 3.63) is 0 Å². The van der Waals surface area contributed by atoms with Crippen LogP contribution in [0.2, 0.25) is 0 Å². The lowest BCUT2D eigenvalue weighted by atomic mass is 9.81. The first-order valence-corrected chi connectivity index (χ1v) is 9.12. The van der Waals surface area contributed by atoms with E-state index in [0.29, 0.717) is 6.54 Å². The highest BCUT2D eigenvalue weighted by atomic mass is 16.2. The number of hydrogen-bond donors (Lipinski definition) is 2. The van der Waals surface area contributed by atoms with Crippen LogP contribution in [-0.2, 0) is 14.4 Å². The monoisotopic (exact) mass is 338 g/mol. The molecule has 2 fully saturated rings. The fraction of sp³-hybridized carbons (Fsp3) is 0.833. The van der Waals surface area contributed by atoms with Crippen LogP contribution in [0.15, 0.2) is 0 Å². The summed E-state index contributed by atoms with van der Waals surface area (Å²) in [5, 5.41) is 2.94. The molecular weight excluding hydrogens is 306 g/mol. The van der Waals surface area contributed by atoms with Gasteiger partial charge in [0.1, 0.15) is 0 Å². The highest BCUT2D eigenvalue weighted by Crippen LogP contribution is 2.37. The number of carbonyl (C=O) groups excluding carboxylic acids is 3. The fourth-order valence-electron chi connectivity index (χ4n) is 4.11. The number of imide groups is 1. The molecule has 0 aromatic carbocycles. The van der Waals surface area contributed by atoms with Crippen LogP contribution >= 0.6 is 0 Å². The third kappa shape index (κ3) is 4.56. The Bertz CT molecular complexity index is 478. The summed E-state index contributed by atoms with van der Waals surface area (Å²) in [6, 6.07) is 0. The summed E-state index contributed by atoms with van der Waals surface area (Å²) < 4.78 is 0. The summed E-state index contributed by atoms with van der Waals surface area (Å²) in [4.78, 5) is 39.5. The highest BCUT2D eigenvalue weighted by Gasteiger charge is 2.47. The predicted molar refractivity (Wildman–Crippen MR) is 91.3 cm³/mol. The van der Waals surface area contributed by atoms with Crippen molar-refractivity contribution in [1.82, 2.24) is 10.2 Å². The fourth-order valence-corrected chi connectivity index (χ4v) is 4.11. The minimum atomic E-state index is -0.128. The van der Waals surface area contributed by atoms with Crippen molar-refractivity contribution < 1.29 is 19.3 Å². The number of quaternary nitrogens is 1. The van der Waals surface area contributed by atoms with Gasteiger partial charge in [-0.2, -0.15) is 0 Å². The minimum absolute atomic E-state index is 0.0166. The molecule has 0 aromatic rings. The molecule has 1 saturated heterocycles. The Balaban J connectivity index is 1.79. The summed E-state index contributed by atoms with van der Waals surface area (Å²) >= 11 is 0. The smallest absolute Gasteiger partial charge is 0.233 e. The third-order valence-electron chi connectivity index (χ3n) is 5.09. The van der Waals surface area contributed by atoms with Crippen LogP contribution in [-0.4, -0.2) is 56.4 Å². The molecule has 2 atom stereocenters. The second kappa shape index (κ2) is 7.64. The van der Waals surface area contributed by atoms with Crippen molar-refractivity contribution in [2.45, 2.75) is 46.0 Å². The molecule has 1 aliphatic carbocycles. The maximum Gasteiger partial charge on any atom is 0.233 e. The number of nitrogens with zero attached hydrogens (tertiary/aromatic N) is 1. The van der Waals surface area contributed by atoms with Crippen LogP contribution in [0.3, 0.4) is 0 Å². The molecule has 136 valence electrons. The molecule has 0 spiro atoms. The zero-order chi connectivity index (χ0) is 17.9. The highest BCUT2D eigenvalue weighted by molar-refractivity contribution is 6.05. The molecule has 6 nitrogen and oxygen atoms in total. The van der Waals surface area contributed by atoms with Crippen molar-refractivity contribution in [1.29, 1.82) is 0 Å². The lowest BCUT2D eigenvalue weighted by Gasteiger charge is -2.26. The normalized spacial score (nSPS) is 24.5. The Hall–Kier alpha value is -1.43. The zero-order valence-electron chi connectivity index (χ0n) is 15.5. The molecule has 2 rings (SSSR count). The van der Waals surface area contributed by atoms with E-state index in [1.807, 2.05) is 0 Å². The number of nitrogens with one attached hydrogen (secondary N) is 2. The summed E-state index contributed by atoms with van der Waals surface area (Å²) in [7, 11) is 4.18. The van der Waals surface area contributed by atoms with Gasteiger partial charge in [-0.3, -0.25) is 19.3 Å². The van der Waals surface area contributed by atoms with Gasteiger partial charge in [0.05, 0.1) is 32.5 Å². The van der Waals surface area contributed by atoms with E-state index in [1.165, 1.54) is 9.80 Å². The van der Waals surface area contributed by atoms with Gasteiger partial charge in [-0.25, -0.2) is 0 Å². The summed E-state index contributed by atoms with van der Waals surface area (Å²) in [5.41, 5.74) is 0.0166. The Labute approximate surface area is 144 Å². The van der Waals surface area contributed by atoms with Crippen LogP contribution in [0.25, 0.3) is 0 Å². The molecule has 1 aliphatic heterocycles. The van der Waals surface area contributed by atoms with E-state index in [9.17, 15) is 14.4 Å². The maximum absolute atomic E-state index is 12.4. The first-order chi connectivity index (χ1) is 11.2. The number of hydrogen-bond acceptors (Lipinski definition) is 3. The molecule has 1 saturated carbocycles. The molecule has 3 amide bonds. The van der Waals surface area contributed by atoms with Crippen LogP contribution in [0.5, 0.6) is 0 Å². The van der Waals surface area contributed by atoms with Crippen molar-refractivity contribution in [2.75, 3.05) is 33.7 Å². The van der Waals surface area contributed by atoms with Gasteiger partial charge in [-0.15, -0.1) is 0 Å². The number of rotatable bonds is 7. The van der Waals surface area contributed by atoms with Gasteiger partial charge >= 0.3 is 0 Å². The van der Waals surface area contributed by atoms with Crippen molar-refractivity contribution in [3.63, 3.8) is 0 Å². The average Bonchev–Trinajstić information content (AvgIpc) is 2.74. The molecular formula is C18H32N3O3+. The predicted octanol–water partition coefficient (Wildman–Crippen LogP) is -0.161. The number of fused-ring (bicyclic) bond motifs is 1. The average molecular weight is 338 g/mol. The molecule has 0 bridgehead atoms. The number of amides is 3. The largest absolute Gasteiger partial charge is 0.355 e. The Morgan fingerprint density at radius 3 is 2.21 bits per heavy atom. The van der Waals surface area contributed by atoms with E-state index >= 15 is 0 Å². The standard InChI is InChI=1S/C18H31N3O3/c1-18(2,12-20(3)4)11-19-15(22)9-10-21-16(23)13-7-5-6-8-14(13)17(21)24/h13-14H,5-12H2,1-4H3,(H,19,22)/p+1/t13-,14-/m1/s1. The van der Waals surface area contributed by atoms with Crippen LogP contribution in [0.4, 0.5) is 0 Å². The zero-order valence-corrected chi connectivity index (χ0v) is 15.5. The van der Waals surface area contributed by atoms with Gasteiger partial charge in [0.15, 0.2) is 0 Å². The lowest BCUT2D eigenvalue weighted by molar-refractivity contribution is -0.865. The van der Waals surface area contributed by atoms with Crippen molar-refractivity contribution >= 4 is 17.7 Å². The van der Waals surface area contributed by atoms with Gasteiger partial charge in [0, 0.05) is 24.9 Å². The molecule has 1 heterocycles. The van der Waals surface area contributed by atoms with Crippen LogP contribution in [0.1, 0.15) is 46.0 Å². The van der Waals surface area contributed by atoms with Gasteiger partial charge < -0.3 is 10.2 Å². The number of carbonyl (C=O) groups is 3. The Morgan fingerprint density at radius 1 is 1.17 bits per heavy atom. The van der Waals surface area contributed by atoms with Gasteiger partial charge in [-0.05, 0) is 12.8 Å². The van der Waals surface area contributed by atoms with E-state index in [-0.39, 0.29) is 47.9 Å².